The van der Waals surface area contributed by atoms with Gasteiger partial charge in [0.2, 0.25) is 0 Å². The number of hydrogen-bond acceptors (Lipinski definition) is 4. The van der Waals surface area contributed by atoms with Gasteiger partial charge < -0.3 is 24.4 Å². The van der Waals surface area contributed by atoms with Crippen LogP contribution in [0.1, 0.15) is 34.4 Å². The van der Waals surface area contributed by atoms with Gasteiger partial charge in [-0.1, -0.05) is 0 Å². The Morgan fingerprint density at radius 1 is 1.25 bits per heavy atom. The summed E-state index contributed by atoms with van der Waals surface area (Å²) in [5.74, 6) is 0.989. The largest absolute Gasteiger partial charge is 0.479 e. The minimum absolute atomic E-state index is 0.211. The van der Waals surface area contributed by atoms with Crippen LogP contribution in [0.2, 0.25) is 0 Å². The van der Waals surface area contributed by atoms with Crippen LogP contribution in [0.4, 0.5) is 11.4 Å². The quantitative estimate of drug-likeness (QED) is 0.723. The number of rotatable bonds is 4. The summed E-state index contributed by atoms with van der Waals surface area (Å²) in [5.41, 5.74) is 3.55. The van der Waals surface area contributed by atoms with Crippen LogP contribution in [0.3, 0.4) is 0 Å². The molecule has 0 saturated heterocycles. The molecule has 0 bridgehead atoms. The third kappa shape index (κ3) is 3.26. The van der Waals surface area contributed by atoms with Crippen LogP contribution < -0.4 is 15.4 Å². The molecule has 144 valence electrons. The second-order valence-corrected chi connectivity index (χ2v) is 6.86. The minimum atomic E-state index is -0.535. The van der Waals surface area contributed by atoms with Gasteiger partial charge in [-0.25, -0.2) is 0 Å². The van der Waals surface area contributed by atoms with Crippen LogP contribution in [0.15, 0.2) is 47.1 Å². The Morgan fingerprint density at radius 2 is 2.07 bits per heavy atom. The lowest BCUT2D eigenvalue weighted by Gasteiger charge is -2.23. The molecule has 1 aliphatic heterocycles. The van der Waals surface area contributed by atoms with E-state index in [1.165, 1.54) is 0 Å². The zero-order valence-corrected chi connectivity index (χ0v) is 15.9. The molecule has 0 fully saturated rings. The molecular formula is C21H21N3O4. The number of anilines is 2. The Morgan fingerprint density at radius 3 is 2.82 bits per heavy atom. The van der Waals surface area contributed by atoms with E-state index in [1.807, 2.05) is 36.6 Å². The van der Waals surface area contributed by atoms with Crippen molar-refractivity contribution in [2.75, 3.05) is 10.6 Å². The highest BCUT2D eigenvalue weighted by atomic mass is 16.5. The molecule has 1 atom stereocenters. The summed E-state index contributed by atoms with van der Waals surface area (Å²) in [7, 11) is 0. The first kappa shape index (κ1) is 17.9. The summed E-state index contributed by atoms with van der Waals surface area (Å²) >= 11 is 0. The average molecular weight is 379 g/mol. The molecule has 7 heteroatoms. The fourth-order valence-electron chi connectivity index (χ4n) is 3.32. The smallest absolute Gasteiger partial charge is 0.265 e. The number of aryl methyl sites for hydroxylation is 1. The van der Waals surface area contributed by atoms with Gasteiger partial charge >= 0.3 is 0 Å². The molecule has 7 nitrogen and oxygen atoms in total. The van der Waals surface area contributed by atoms with E-state index in [-0.39, 0.29) is 11.8 Å². The fourth-order valence-corrected chi connectivity index (χ4v) is 3.32. The summed E-state index contributed by atoms with van der Waals surface area (Å²) in [4.78, 5) is 24.6. The standard InChI is InChI=1S/C21H21N3O4/c1-12-9-17(13(2)24(12)11-16-5-4-8-27-16)21(26)22-15-6-7-19-18(10-15)23-20(25)14(3)28-19/h4-10,14H,11H2,1-3H3,(H,22,26)(H,23,25). The van der Waals surface area contributed by atoms with Gasteiger partial charge in [0.1, 0.15) is 11.5 Å². The van der Waals surface area contributed by atoms with E-state index in [2.05, 4.69) is 10.6 Å². The predicted octanol–water partition coefficient (Wildman–Crippen LogP) is 3.72. The number of amides is 2. The van der Waals surface area contributed by atoms with E-state index in [9.17, 15) is 9.59 Å². The third-order valence-corrected chi connectivity index (χ3v) is 4.88. The van der Waals surface area contributed by atoms with Gasteiger partial charge in [-0.3, -0.25) is 9.59 Å². The van der Waals surface area contributed by atoms with Crippen LogP contribution in [-0.4, -0.2) is 22.5 Å². The van der Waals surface area contributed by atoms with Crippen molar-refractivity contribution in [3.05, 3.63) is 65.4 Å². The van der Waals surface area contributed by atoms with Gasteiger partial charge in [0.15, 0.2) is 6.10 Å². The number of nitrogens with one attached hydrogen (secondary N) is 2. The van der Waals surface area contributed by atoms with Crippen molar-refractivity contribution in [2.45, 2.75) is 33.4 Å². The highest BCUT2D eigenvalue weighted by molar-refractivity contribution is 6.06. The number of benzene rings is 1. The molecule has 3 aromatic rings. The number of fused-ring (bicyclic) bond motifs is 1. The fraction of sp³-hybridized carbons (Fsp3) is 0.238. The number of hydrogen-bond donors (Lipinski definition) is 2. The Labute approximate surface area is 162 Å². The Bertz CT molecular complexity index is 1050. The molecule has 2 aromatic heterocycles. The van der Waals surface area contributed by atoms with Crippen molar-refractivity contribution >= 4 is 23.2 Å². The van der Waals surface area contributed by atoms with Crippen LogP contribution in [-0.2, 0) is 11.3 Å². The maximum Gasteiger partial charge on any atom is 0.265 e. The maximum absolute atomic E-state index is 12.8. The van der Waals surface area contributed by atoms with Gasteiger partial charge in [-0.05, 0) is 57.2 Å². The van der Waals surface area contributed by atoms with Crippen LogP contribution in [0.25, 0.3) is 0 Å². The molecule has 1 aliphatic rings. The molecular weight excluding hydrogens is 358 g/mol. The molecule has 3 heterocycles. The number of furan rings is 1. The van der Waals surface area contributed by atoms with E-state index < -0.39 is 6.10 Å². The first-order chi connectivity index (χ1) is 13.4. The third-order valence-electron chi connectivity index (χ3n) is 4.88. The highest BCUT2D eigenvalue weighted by Crippen LogP contribution is 2.32. The Hall–Kier alpha value is -3.48. The van der Waals surface area contributed by atoms with Gasteiger partial charge in [0, 0.05) is 17.1 Å². The maximum atomic E-state index is 12.8. The van der Waals surface area contributed by atoms with Crippen molar-refractivity contribution in [2.24, 2.45) is 0 Å². The van der Waals surface area contributed by atoms with Crippen molar-refractivity contribution in [1.82, 2.24) is 4.57 Å². The second-order valence-electron chi connectivity index (χ2n) is 6.86. The van der Waals surface area contributed by atoms with E-state index in [0.29, 0.717) is 29.2 Å². The van der Waals surface area contributed by atoms with Gasteiger partial charge in [-0.15, -0.1) is 0 Å². The molecule has 2 N–H and O–H groups in total. The molecule has 0 saturated carbocycles. The normalized spacial score (nSPS) is 15.5. The number of aromatic nitrogens is 1. The van der Waals surface area contributed by atoms with Gasteiger partial charge in [0.05, 0.1) is 24.1 Å². The first-order valence-electron chi connectivity index (χ1n) is 9.04. The van der Waals surface area contributed by atoms with Gasteiger partial charge in [0.25, 0.3) is 11.8 Å². The van der Waals surface area contributed by atoms with E-state index in [0.717, 1.165) is 17.1 Å². The lowest BCUT2D eigenvalue weighted by atomic mass is 10.2. The Kier molecular flexibility index (Phi) is 4.43. The second kappa shape index (κ2) is 6.92. The lowest BCUT2D eigenvalue weighted by Crippen LogP contribution is -2.34. The minimum Gasteiger partial charge on any atom is -0.479 e. The van der Waals surface area contributed by atoms with E-state index >= 15 is 0 Å². The van der Waals surface area contributed by atoms with Crippen molar-refractivity contribution in [1.29, 1.82) is 0 Å². The number of nitrogens with zero attached hydrogens (tertiary/aromatic N) is 1. The molecule has 1 aromatic carbocycles. The highest BCUT2D eigenvalue weighted by Gasteiger charge is 2.24. The van der Waals surface area contributed by atoms with Crippen LogP contribution >= 0.6 is 0 Å². The molecule has 4 rings (SSSR count). The summed E-state index contributed by atoms with van der Waals surface area (Å²) in [6.07, 6.45) is 1.10. The number of ether oxygens (including phenoxy) is 1. The molecule has 0 aliphatic carbocycles. The van der Waals surface area contributed by atoms with Crippen molar-refractivity contribution in [3.63, 3.8) is 0 Å². The number of carbonyl (C=O) groups excluding carboxylic acids is 2. The summed E-state index contributed by atoms with van der Waals surface area (Å²) in [6.45, 7) is 6.12. The zero-order chi connectivity index (χ0) is 19.8. The van der Waals surface area contributed by atoms with Crippen molar-refractivity contribution < 1.29 is 18.7 Å². The molecule has 0 spiro atoms. The summed E-state index contributed by atoms with van der Waals surface area (Å²) in [6, 6.07) is 10.8. The van der Waals surface area contributed by atoms with Crippen molar-refractivity contribution in [3.8, 4) is 5.75 Å². The molecule has 0 radical (unpaired) electrons. The van der Waals surface area contributed by atoms with Crippen LogP contribution in [0, 0.1) is 13.8 Å². The van der Waals surface area contributed by atoms with E-state index in [1.54, 1.807) is 31.4 Å². The zero-order valence-electron chi connectivity index (χ0n) is 15.9. The molecule has 2 amide bonds. The van der Waals surface area contributed by atoms with Crippen LogP contribution in [0.5, 0.6) is 5.75 Å². The molecule has 1 unspecified atom stereocenters. The average Bonchev–Trinajstić information content (AvgIpc) is 3.27. The topological polar surface area (TPSA) is 85.5 Å². The summed E-state index contributed by atoms with van der Waals surface area (Å²) < 4.78 is 13.0. The van der Waals surface area contributed by atoms with E-state index in [4.69, 9.17) is 9.15 Å². The SMILES string of the molecule is Cc1cc(C(=O)Nc2ccc3c(c2)NC(=O)C(C)O3)c(C)n1Cc1ccco1. The lowest BCUT2D eigenvalue weighted by molar-refractivity contribution is -0.122. The monoisotopic (exact) mass is 379 g/mol. The predicted molar refractivity (Wildman–Crippen MR) is 105 cm³/mol. The molecule has 28 heavy (non-hydrogen) atoms. The number of carbonyl (C=O) groups is 2. The first-order valence-corrected chi connectivity index (χ1v) is 9.04. The summed E-state index contributed by atoms with van der Waals surface area (Å²) in [5, 5.41) is 5.67. The Balaban J connectivity index is 1.55. The van der Waals surface area contributed by atoms with Gasteiger partial charge in [-0.2, -0.15) is 0 Å².